The third kappa shape index (κ3) is 8.22. The van der Waals surface area contributed by atoms with Crippen molar-refractivity contribution in [2.45, 2.75) is 130 Å². The van der Waals surface area contributed by atoms with Gasteiger partial charge in [-0.25, -0.2) is 0 Å². The number of allylic oxidation sites excluding steroid dienone is 6. The largest absolute Gasteiger partial charge is 0.400 e. The standard InChI is InChI=1S/C42H63O4Si5/c1-41(2,39(43-47-5)44-48-6)35-25-29-13-9-11-15-33(29)37(35)27-17-21-31(22-18-27)51-32-23-19-28(20-24-32)38-34-16-12-10-14-30(34)26-36(38)42(3,4)40(45-49-7)46-50-8/h17-26,37-40,51H,9-16,47-50H2,1-8H3. The molecule has 9 heteroatoms. The molecule has 275 valence electrons. The summed E-state index contributed by atoms with van der Waals surface area (Å²) >= 11 is 0. The van der Waals surface area contributed by atoms with Crippen molar-refractivity contribution >= 4 is 58.9 Å². The van der Waals surface area contributed by atoms with Crippen LogP contribution in [-0.4, -0.2) is 61.2 Å². The second kappa shape index (κ2) is 17.2. The first-order valence-electron chi connectivity index (χ1n) is 20.0. The van der Waals surface area contributed by atoms with Gasteiger partial charge in [-0.05, 0) is 84.8 Å². The van der Waals surface area contributed by atoms with Gasteiger partial charge in [-0.3, -0.25) is 0 Å². The molecule has 0 N–H and O–H groups in total. The summed E-state index contributed by atoms with van der Waals surface area (Å²) in [5.74, 6) is 0.689. The van der Waals surface area contributed by atoms with E-state index in [0.717, 1.165) is 0 Å². The van der Waals surface area contributed by atoms with Crippen molar-refractivity contribution < 1.29 is 17.7 Å². The van der Waals surface area contributed by atoms with Crippen LogP contribution in [0.15, 0.2) is 94.1 Å². The van der Waals surface area contributed by atoms with E-state index < -0.39 is 39.1 Å². The average molecular weight is 772 g/mol. The molecule has 4 aliphatic carbocycles. The van der Waals surface area contributed by atoms with Gasteiger partial charge in [0.1, 0.15) is 22.1 Å². The third-order valence-electron chi connectivity index (χ3n) is 11.9. The van der Waals surface area contributed by atoms with Gasteiger partial charge in [-0.15, -0.1) is 0 Å². The van der Waals surface area contributed by atoms with Crippen molar-refractivity contribution in [1.82, 2.24) is 0 Å². The number of benzene rings is 2. The molecule has 0 saturated heterocycles. The first-order chi connectivity index (χ1) is 24.6. The Morgan fingerprint density at radius 1 is 0.529 bits per heavy atom. The van der Waals surface area contributed by atoms with Gasteiger partial charge < -0.3 is 17.7 Å². The molecule has 2 aromatic carbocycles. The van der Waals surface area contributed by atoms with Crippen molar-refractivity contribution in [3.05, 3.63) is 105 Å². The van der Waals surface area contributed by atoms with Crippen LogP contribution in [0.25, 0.3) is 0 Å². The molecule has 0 amide bonds. The first-order valence-corrected chi connectivity index (χ1v) is 29.1. The lowest BCUT2D eigenvalue weighted by atomic mass is 9.73. The van der Waals surface area contributed by atoms with E-state index in [-0.39, 0.29) is 32.9 Å². The maximum Gasteiger partial charge on any atom is 0.161 e. The smallest absolute Gasteiger partial charge is 0.161 e. The molecular weight excluding hydrogens is 709 g/mol. The minimum Gasteiger partial charge on any atom is -0.400 e. The molecule has 2 aromatic rings. The van der Waals surface area contributed by atoms with Crippen molar-refractivity contribution in [2.75, 3.05) is 0 Å². The van der Waals surface area contributed by atoms with Gasteiger partial charge >= 0.3 is 0 Å². The Kier molecular flexibility index (Phi) is 13.2. The molecule has 0 spiro atoms. The predicted molar refractivity (Wildman–Crippen MR) is 229 cm³/mol. The van der Waals surface area contributed by atoms with Gasteiger partial charge in [-0.2, -0.15) is 0 Å². The molecule has 0 aromatic heterocycles. The van der Waals surface area contributed by atoms with E-state index in [1.165, 1.54) is 84.0 Å². The molecule has 4 nitrogen and oxygen atoms in total. The Labute approximate surface area is 320 Å². The van der Waals surface area contributed by atoms with Crippen LogP contribution in [0.1, 0.15) is 102 Å². The van der Waals surface area contributed by atoms with E-state index in [4.69, 9.17) is 17.7 Å². The average Bonchev–Trinajstić information content (AvgIpc) is 3.73. The highest BCUT2D eigenvalue weighted by Gasteiger charge is 2.44. The SMILES string of the molecule is C[SiH2]OC(O[SiH2]C)C(C)(C)C1=CC2=C(CCCC2)C1c1ccc([SiH]c2ccc(C3C(C(C)(C)C(O[SiH2]C)O[SiH2]C)=CC4=C3CCCC4)cc2)cc1. The normalized spacial score (nSPS) is 23.1. The van der Waals surface area contributed by atoms with Crippen LogP contribution in [-0.2, 0) is 17.7 Å². The molecule has 4 aliphatic rings. The quantitative estimate of drug-likeness (QED) is 0.152. The summed E-state index contributed by atoms with van der Waals surface area (Å²) < 4.78 is 25.5. The summed E-state index contributed by atoms with van der Waals surface area (Å²) in [7, 11) is -2.31. The Hall–Kier alpha value is -1.68. The highest BCUT2D eigenvalue weighted by atomic mass is 28.2. The summed E-state index contributed by atoms with van der Waals surface area (Å²) in [6.45, 7) is 18.3. The summed E-state index contributed by atoms with van der Waals surface area (Å²) in [6.07, 6.45) is 14.9. The Balaban J connectivity index is 1.22. The Morgan fingerprint density at radius 2 is 0.863 bits per heavy atom. The number of rotatable bonds is 16. The topological polar surface area (TPSA) is 36.9 Å². The van der Waals surface area contributed by atoms with Crippen molar-refractivity contribution in [2.24, 2.45) is 10.8 Å². The highest BCUT2D eigenvalue weighted by Crippen LogP contribution is 2.54. The second-order valence-electron chi connectivity index (χ2n) is 16.0. The fourth-order valence-electron chi connectivity index (χ4n) is 9.26. The van der Waals surface area contributed by atoms with Gasteiger partial charge in [0.25, 0.3) is 0 Å². The van der Waals surface area contributed by atoms with Gasteiger partial charge in [0, 0.05) is 22.7 Å². The van der Waals surface area contributed by atoms with Crippen LogP contribution >= 0.6 is 0 Å². The third-order valence-corrected chi connectivity index (χ3v) is 15.9. The van der Waals surface area contributed by atoms with E-state index in [1.807, 2.05) is 0 Å². The van der Waals surface area contributed by atoms with Crippen molar-refractivity contribution in [3.63, 3.8) is 0 Å². The highest BCUT2D eigenvalue weighted by molar-refractivity contribution is 6.67. The Bertz CT molecular complexity index is 1510. The fourth-order valence-corrected chi connectivity index (χ4v) is 14.1. The molecular formula is C42H63O4Si5. The second-order valence-corrected chi connectivity index (χ2v) is 21.3. The molecule has 1 radical (unpaired) electrons. The van der Waals surface area contributed by atoms with Crippen LogP contribution in [0.2, 0.25) is 26.2 Å². The molecule has 2 unspecified atom stereocenters. The fraction of sp³-hybridized carbons (Fsp3) is 0.524. The Morgan fingerprint density at radius 3 is 1.20 bits per heavy atom. The molecule has 0 heterocycles. The molecule has 2 atom stereocenters. The lowest BCUT2D eigenvalue weighted by molar-refractivity contribution is -0.0636. The molecule has 0 bridgehead atoms. The van der Waals surface area contributed by atoms with Gasteiger partial charge in [0.2, 0.25) is 0 Å². The van der Waals surface area contributed by atoms with Crippen LogP contribution in [0, 0.1) is 10.8 Å². The molecule has 6 rings (SSSR count). The maximum absolute atomic E-state index is 6.38. The lowest BCUT2D eigenvalue weighted by Crippen LogP contribution is -2.39. The zero-order chi connectivity index (χ0) is 36.2. The summed E-state index contributed by atoms with van der Waals surface area (Å²) in [4.78, 5) is 0. The summed E-state index contributed by atoms with van der Waals surface area (Å²) in [6, 6.07) is 19.4. The molecule has 0 fully saturated rings. The van der Waals surface area contributed by atoms with Crippen molar-refractivity contribution in [1.29, 1.82) is 0 Å². The van der Waals surface area contributed by atoms with E-state index >= 15 is 0 Å². The number of hydrogen-bond acceptors (Lipinski definition) is 4. The van der Waals surface area contributed by atoms with Crippen LogP contribution in [0.3, 0.4) is 0 Å². The monoisotopic (exact) mass is 771 g/mol. The van der Waals surface area contributed by atoms with Crippen LogP contribution in [0.4, 0.5) is 0 Å². The van der Waals surface area contributed by atoms with Gasteiger partial charge in [0.05, 0.1) is 0 Å². The minimum absolute atomic E-state index is 0.0157. The van der Waals surface area contributed by atoms with E-state index in [2.05, 4.69) is 115 Å². The number of hydrogen-bond donors (Lipinski definition) is 0. The predicted octanol–water partition coefficient (Wildman–Crippen LogP) is 6.16. The van der Waals surface area contributed by atoms with Gasteiger partial charge in [-0.1, -0.05) is 136 Å². The summed E-state index contributed by atoms with van der Waals surface area (Å²) in [5.41, 5.74) is 12.0. The molecule has 0 saturated carbocycles. The van der Waals surface area contributed by atoms with Crippen LogP contribution in [0.5, 0.6) is 0 Å². The van der Waals surface area contributed by atoms with E-state index in [1.54, 1.807) is 22.3 Å². The van der Waals surface area contributed by atoms with Gasteiger partial charge in [0.15, 0.2) is 39.1 Å². The minimum atomic E-state index is -0.581. The van der Waals surface area contributed by atoms with E-state index in [9.17, 15) is 0 Å². The zero-order valence-corrected chi connectivity index (χ0v) is 39.6. The summed E-state index contributed by atoms with van der Waals surface area (Å²) in [5, 5.41) is 2.91. The maximum atomic E-state index is 6.38. The zero-order valence-electron chi connectivity index (χ0n) is 32.8. The van der Waals surface area contributed by atoms with E-state index in [0.29, 0.717) is 11.8 Å². The van der Waals surface area contributed by atoms with Crippen LogP contribution < -0.4 is 10.4 Å². The first kappa shape index (κ1) is 39.0. The molecule has 51 heavy (non-hydrogen) atoms. The molecule has 0 aliphatic heterocycles. The lowest BCUT2D eigenvalue weighted by Gasteiger charge is -2.39. The van der Waals surface area contributed by atoms with Crippen molar-refractivity contribution in [3.8, 4) is 0 Å².